The van der Waals surface area contributed by atoms with Crippen LogP contribution in [0.3, 0.4) is 0 Å². The molecule has 0 unspecified atom stereocenters. The lowest BCUT2D eigenvalue weighted by atomic mass is 10.1. The minimum atomic E-state index is -0.150. The second kappa shape index (κ2) is 3.67. The number of carbonyl (C=O) groups is 1. The smallest absolute Gasteiger partial charge is 0.246 e. The van der Waals surface area contributed by atoms with E-state index in [1.165, 1.54) is 0 Å². The van der Waals surface area contributed by atoms with Crippen LogP contribution in [0.5, 0.6) is 5.75 Å². The third-order valence-corrected chi connectivity index (χ3v) is 2.13. The van der Waals surface area contributed by atoms with E-state index in [0.717, 1.165) is 5.56 Å². The lowest BCUT2D eigenvalue weighted by Crippen LogP contribution is -2.39. The molecule has 14 heavy (non-hydrogen) atoms. The highest BCUT2D eigenvalue weighted by Crippen LogP contribution is 2.19. The first-order valence-corrected chi connectivity index (χ1v) is 4.42. The molecule has 0 radical (unpaired) electrons. The number of hydrogen-bond acceptors (Lipinski definition) is 3. The van der Waals surface area contributed by atoms with E-state index in [1.54, 1.807) is 18.2 Å². The van der Waals surface area contributed by atoms with Crippen molar-refractivity contribution in [3.05, 3.63) is 29.8 Å². The van der Waals surface area contributed by atoms with Crippen LogP contribution in [-0.4, -0.2) is 24.2 Å². The van der Waals surface area contributed by atoms with Crippen LogP contribution >= 0.6 is 0 Å². The van der Waals surface area contributed by atoms with Gasteiger partial charge in [-0.2, -0.15) is 0 Å². The van der Waals surface area contributed by atoms with Gasteiger partial charge >= 0.3 is 0 Å². The Kier molecular flexibility index (Phi) is 2.37. The maximum Gasteiger partial charge on any atom is 0.246 e. The number of benzene rings is 1. The summed E-state index contributed by atoms with van der Waals surface area (Å²) >= 11 is 0. The third kappa shape index (κ3) is 1.85. The van der Waals surface area contributed by atoms with Crippen molar-refractivity contribution in [2.75, 3.05) is 13.2 Å². The minimum Gasteiger partial charge on any atom is -0.508 e. The standard InChI is InChI=1S/C10H11NO3/c12-8-3-1-2-7(4-8)9-5-14-6-10(13)11-9/h1-4,9,12H,5-6H2,(H,11,13)/t9-/m0/s1. The van der Waals surface area contributed by atoms with Crippen molar-refractivity contribution in [2.45, 2.75) is 6.04 Å². The van der Waals surface area contributed by atoms with E-state index in [9.17, 15) is 9.90 Å². The van der Waals surface area contributed by atoms with Crippen molar-refractivity contribution < 1.29 is 14.6 Å². The minimum absolute atomic E-state index is 0.120. The van der Waals surface area contributed by atoms with Crippen LogP contribution in [0.15, 0.2) is 24.3 Å². The summed E-state index contributed by atoms with van der Waals surface area (Å²) in [6, 6.07) is 6.66. The van der Waals surface area contributed by atoms with Crippen molar-refractivity contribution in [2.24, 2.45) is 0 Å². The molecule has 0 aromatic heterocycles. The second-order valence-electron chi connectivity index (χ2n) is 3.23. The lowest BCUT2D eigenvalue weighted by molar-refractivity contribution is -0.131. The van der Waals surface area contributed by atoms with E-state index < -0.39 is 0 Å². The number of ether oxygens (including phenoxy) is 1. The molecule has 1 aliphatic heterocycles. The van der Waals surface area contributed by atoms with Crippen LogP contribution in [0.1, 0.15) is 11.6 Å². The van der Waals surface area contributed by atoms with Crippen molar-refractivity contribution in [3.63, 3.8) is 0 Å². The van der Waals surface area contributed by atoms with Crippen LogP contribution < -0.4 is 5.32 Å². The molecule has 74 valence electrons. The molecule has 2 N–H and O–H groups in total. The molecular formula is C10H11NO3. The summed E-state index contributed by atoms with van der Waals surface area (Å²) < 4.78 is 5.09. The van der Waals surface area contributed by atoms with Crippen molar-refractivity contribution in [1.29, 1.82) is 0 Å². The fourth-order valence-corrected chi connectivity index (χ4v) is 1.47. The molecule has 1 aliphatic rings. The number of aromatic hydroxyl groups is 1. The summed E-state index contributed by atoms with van der Waals surface area (Å²) in [5.74, 6) is 0.0758. The first-order valence-electron chi connectivity index (χ1n) is 4.42. The monoisotopic (exact) mass is 193 g/mol. The van der Waals surface area contributed by atoms with Gasteiger partial charge in [0.25, 0.3) is 0 Å². The number of carbonyl (C=O) groups excluding carboxylic acids is 1. The van der Waals surface area contributed by atoms with E-state index in [1.807, 2.05) is 6.07 Å². The van der Waals surface area contributed by atoms with Crippen molar-refractivity contribution in [1.82, 2.24) is 5.32 Å². The van der Waals surface area contributed by atoms with Crippen LogP contribution in [0, 0.1) is 0 Å². The van der Waals surface area contributed by atoms with Crippen LogP contribution in [0.2, 0.25) is 0 Å². The molecule has 0 spiro atoms. The molecule has 1 atom stereocenters. The molecule has 1 aromatic rings. The maximum absolute atomic E-state index is 11.0. The zero-order valence-electron chi connectivity index (χ0n) is 7.56. The Morgan fingerprint density at radius 3 is 3.07 bits per heavy atom. The van der Waals surface area contributed by atoms with Crippen LogP contribution in [0.4, 0.5) is 0 Å². The molecule has 4 heteroatoms. The van der Waals surface area contributed by atoms with Gasteiger partial charge in [0.15, 0.2) is 0 Å². The summed E-state index contributed by atoms with van der Waals surface area (Å²) in [7, 11) is 0. The summed E-state index contributed by atoms with van der Waals surface area (Å²) in [6.07, 6.45) is 0. The Hall–Kier alpha value is -1.55. The second-order valence-corrected chi connectivity index (χ2v) is 3.23. The SMILES string of the molecule is O=C1COC[C@@H](c2cccc(O)c2)N1. The van der Waals surface area contributed by atoms with Gasteiger partial charge in [0.1, 0.15) is 12.4 Å². The third-order valence-electron chi connectivity index (χ3n) is 2.13. The maximum atomic E-state index is 11.0. The van der Waals surface area contributed by atoms with Crippen molar-refractivity contribution >= 4 is 5.91 Å². The highest BCUT2D eigenvalue weighted by Gasteiger charge is 2.20. The quantitative estimate of drug-likeness (QED) is 0.685. The van der Waals surface area contributed by atoms with E-state index in [-0.39, 0.29) is 24.3 Å². The first-order chi connectivity index (χ1) is 6.75. The highest BCUT2D eigenvalue weighted by molar-refractivity contribution is 5.78. The number of amides is 1. The van der Waals surface area contributed by atoms with Crippen LogP contribution in [0.25, 0.3) is 0 Å². The predicted molar refractivity (Wildman–Crippen MR) is 49.8 cm³/mol. The highest BCUT2D eigenvalue weighted by atomic mass is 16.5. The molecule has 2 rings (SSSR count). The molecule has 1 heterocycles. The van der Waals surface area contributed by atoms with Gasteiger partial charge in [0, 0.05) is 0 Å². The number of nitrogens with one attached hydrogen (secondary N) is 1. The Bertz CT molecular complexity index is 351. The molecule has 1 amide bonds. The Morgan fingerprint density at radius 2 is 2.36 bits per heavy atom. The average Bonchev–Trinajstić information content (AvgIpc) is 2.18. The number of hydrogen-bond donors (Lipinski definition) is 2. The summed E-state index contributed by atoms with van der Waals surface area (Å²) in [4.78, 5) is 11.0. The van der Waals surface area contributed by atoms with Gasteiger partial charge in [-0.15, -0.1) is 0 Å². The molecule has 4 nitrogen and oxygen atoms in total. The van der Waals surface area contributed by atoms with Crippen LogP contribution in [-0.2, 0) is 9.53 Å². The van der Waals surface area contributed by atoms with E-state index >= 15 is 0 Å². The van der Waals surface area contributed by atoms with E-state index in [2.05, 4.69) is 5.32 Å². The zero-order valence-corrected chi connectivity index (χ0v) is 7.56. The molecule has 0 bridgehead atoms. The number of phenolic OH excluding ortho intramolecular Hbond substituents is 1. The van der Waals surface area contributed by atoms with E-state index in [4.69, 9.17) is 4.74 Å². The molecular weight excluding hydrogens is 182 g/mol. The van der Waals surface area contributed by atoms with Gasteiger partial charge < -0.3 is 15.2 Å². The average molecular weight is 193 g/mol. The predicted octanol–water partition coefficient (Wildman–Crippen LogP) is 0.580. The Labute approximate surface area is 81.5 Å². The van der Waals surface area contributed by atoms with Gasteiger partial charge in [0.05, 0.1) is 12.6 Å². The normalized spacial score (nSPS) is 21.7. The largest absolute Gasteiger partial charge is 0.508 e. The molecule has 0 saturated carbocycles. The number of phenols is 1. The molecule has 1 aromatic carbocycles. The molecule has 1 fully saturated rings. The van der Waals surface area contributed by atoms with E-state index in [0.29, 0.717) is 6.61 Å². The fraction of sp³-hybridized carbons (Fsp3) is 0.300. The van der Waals surface area contributed by atoms with Gasteiger partial charge in [-0.25, -0.2) is 0 Å². The Balaban J connectivity index is 2.17. The molecule has 0 aliphatic carbocycles. The summed E-state index contributed by atoms with van der Waals surface area (Å²) in [5, 5.41) is 12.0. The number of rotatable bonds is 1. The van der Waals surface area contributed by atoms with Gasteiger partial charge in [-0.05, 0) is 17.7 Å². The Morgan fingerprint density at radius 1 is 1.50 bits per heavy atom. The zero-order chi connectivity index (χ0) is 9.97. The van der Waals surface area contributed by atoms with Gasteiger partial charge in [0.2, 0.25) is 5.91 Å². The number of morpholine rings is 1. The lowest BCUT2D eigenvalue weighted by Gasteiger charge is -2.23. The van der Waals surface area contributed by atoms with Gasteiger partial charge in [-0.1, -0.05) is 12.1 Å². The van der Waals surface area contributed by atoms with Crippen molar-refractivity contribution in [3.8, 4) is 5.75 Å². The fourth-order valence-electron chi connectivity index (χ4n) is 1.47. The topological polar surface area (TPSA) is 58.6 Å². The summed E-state index contributed by atoms with van der Waals surface area (Å²) in [5.41, 5.74) is 0.859. The van der Waals surface area contributed by atoms with Gasteiger partial charge in [-0.3, -0.25) is 4.79 Å². The first kappa shape index (κ1) is 9.02. The summed E-state index contributed by atoms with van der Waals surface area (Å²) in [6.45, 7) is 0.574. The molecule has 1 saturated heterocycles.